The zero-order chi connectivity index (χ0) is 13.5. The van der Waals surface area contributed by atoms with Crippen molar-refractivity contribution in [2.24, 2.45) is 0 Å². The normalized spacial score (nSPS) is 12.4. The number of benzene rings is 1. The van der Waals surface area contributed by atoms with E-state index in [1.54, 1.807) is 6.92 Å². The highest BCUT2D eigenvalue weighted by molar-refractivity contribution is 5.94. The molecule has 1 aromatic rings. The summed E-state index contributed by atoms with van der Waals surface area (Å²) in [5, 5.41) is 0. The number of ketones is 1. The minimum Gasteiger partial charge on any atom is -0.295 e. The molecule has 0 fully saturated rings. The Morgan fingerprint density at radius 2 is 1.67 bits per heavy atom. The first-order chi connectivity index (χ1) is 8.58. The molecule has 0 bridgehead atoms. The minimum absolute atomic E-state index is 0.103. The summed E-state index contributed by atoms with van der Waals surface area (Å²) in [4.78, 5) is 11.2. The van der Waals surface area contributed by atoms with Crippen molar-refractivity contribution in [1.82, 2.24) is 0 Å². The predicted molar refractivity (Wildman–Crippen MR) is 78.7 cm³/mol. The van der Waals surface area contributed by atoms with Gasteiger partial charge in [-0.1, -0.05) is 61.6 Å². The second-order valence-corrected chi connectivity index (χ2v) is 4.29. The van der Waals surface area contributed by atoms with Crippen molar-refractivity contribution in [3.8, 4) is 0 Å². The third-order valence-electron chi connectivity index (χ3n) is 2.91. The van der Waals surface area contributed by atoms with Crippen molar-refractivity contribution in [3.63, 3.8) is 0 Å². The molecule has 0 amide bonds. The molecule has 0 aromatic heterocycles. The summed E-state index contributed by atoms with van der Waals surface area (Å²) in [6.07, 6.45) is 6.97. The number of carbonyl (C=O) groups excluding carboxylic acids is 1. The zero-order valence-corrected chi connectivity index (χ0v) is 11.4. The smallest absolute Gasteiger partial charge is 0.159 e. The van der Waals surface area contributed by atoms with Gasteiger partial charge in [0.15, 0.2) is 5.78 Å². The molecule has 0 radical (unpaired) electrons. The topological polar surface area (TPSA) is 17.1 Å². The molecule has 94 valence electrons. The lowest BCUT2D eigenvalue weighted by molar-refractivity contribution is 0.101. The molecule has 1 rings (SSSR count). The van der Waals surface area contributed by atoms with Gasteiger partial charge in [0, 0.05) is 5.56 Å². The Labute approximate surface area is 110 Å². The molecule has 0 heterocycles. The molecule has 0 saturated carbocycles. The van der Waals surface area contributed by atoms with E-state index >= 15 is 0 Å². The quantitative estimate of drug-likeness (QED) is 0.533. The summed E-state index contributed by atoms with van der Waals surface area (Å²) >= 11 is 0. The molecule has 0 N–H and O–H groups in total. The van der Waals surface area contributed by atoms with Crippen LogP contribution in [0.3, 0.4) is 0 Å². The molecule has 0 saturated heterocycles. The summed E-state index contributed by atoms with van der Waals surface area (Å²) in [7, 11) is 0. The Hall–Kier alpha value is -1.89. The van der Waals surface area contributed by atoms with Gasteiger partial charge < -0.3 is 0 Å². The average molecular weight is 240 g/mol. The fourth-order valence-corrected chi connectivity index (χ4v) is 1.64. The van der Waals surface area contributed by atoms with Crippen LogP contribution in [0.4, 0.5) is 0 Å². The van der Waals surface area contributed by atoms with Crippen LogP contribution in [0.25, 0.3) is 5.57 Å². The van der Waals surface area contributed by atoms with Crippen LogP contribution in [0.2, 0.25) is 0 Å². The first-order valence-corrected chi connectivity index (χ1v) is 6.19. The lowest BCUT2D eigenvalue weighted by atomic mass is 10.00. The maximum atomic E-state index is 11.2. The average Bonchev–Trinajstić information content (AvgIpc) is 2.39. The Bertz CT molecular complexity index is 487. The summed E-state index contributed by atoms with van der Waals surface area (Å²) in [5.74, 6) is 0.103. The van der Waals surface area contributed by atoms with Crippen molar-refractivity contribution in [1.29, 1.82) is 0 Å². The standard InChI is InChI=1S/C17H20O/c1-5-13(3)7-8-15(6-2)17-11-9-16(10-12-17)14(4)18/h5,7-12H,1,6H2,2-4H3/b13-7-,15-8+. The van der Waals surface area contributed by atoms with Gasteiger partial charge in [0.05, 0.1) is 0 Å². The highest BCUT2D eigenvalue weighted by Crippen LogP contribution is 2.19. The summed E-state index contributed by atoms with van der Waals surface area (Å²) < 4.78 is 0. The number of Topliss-reactive ketones (excluding diaryl/α,β-unsaturated/α-hetero) is 1. The van der Waals surface area contributed by atoms with Crippen LogP contribution in [0.15, 0.2) is 54.6 Å². The predicted octanol–water partition coefficient (Wildman–Crippen LogP) is 4.81. The van der Waals surface area contributed by atoms with Crippen LogP contribution >= 0.6 is 0 Å². The Morgan fingerprint density at radius 3 is 2.11 bits per heavy atom. The van der Waals surface area contributed by atoms with Gasteiger partial charge in [-0.15, -0.1) is 0 Å². The fourth-order valence-electron chi connectivity index (χ4n) is 1.64. The maximum absolute atomic E-state index is 11.2. The van der Waals surface area contributed by atoms with Gasteiger partial charge in [-0.2, -0.15) is 0 Å². The Balaban J connectivity index is 3.02. The number of carbonyl (C=O) groups is 1. The number of rotatable bonds is 5. The van der Waals surface area contributed by atoms with Crippen LogP contribution in [-0.4, -0.2) is 5.78 Å². The highest BCUT2D eigenvalue weighted by Gasteiger charge is 2.01. The van der Waals surface area contributed by atoms with Gasteiger partial charge in [-0.05, 0) is 31.4 Å². The minimum atomic E-state index is 0.103. The van der Waals surface area contributed by atoms with E-state index in [0.29, 0.717) is 0 Å². The SMILES string of the molecule is C=C/C(C)=C\C=C(/CC)c1ccc(C(C)=O)cc1. The molecule has 0 aliphatic heterocycles. The van der Waals surface area contributed by atoms with Gasteiger partial charge in [-0.3, -0.25) is 4.79 Å². The summed E-state index contributed by atoms with van der Waals surface area (Å²) in [6.45, 7) is 9.47. The van der Waals surface area contributed by atoms with Crippen LogP contribution in [0.1, 0.15) is 43.1 Å². The van der Waals surface area contributed by atoms with E-state index in [1.165, 1.54) is 5.57 Å². The van der Waals surface area contributed by atoms with Crippen molar-refractivity contribution in [3.05, 3.63) is 65.8 Å². The summed E-state index contributed by atoms with van der Waals surface area (Å²) in [6, 6.07) is 7.77. The monoisotopic (exact) mass is 240 g/mol. The van der Waals surface area contributed by atoms with Gasteiger partial charge in [0.25, 0.3) is 0 Å². The van der Waals surface area contributed by atoms with Gasteiger partial charge in [0.2, 0.25) is 0 Å². The van der Waals surface area contributed by atoms with E-state index in [2.05, 4.69) is 25.7 Å². The number of hydrogen-bond donors (Lipinski definition) is 0. The first kappa shape index (κ1) is 14.2. The number of allylic oxidation sites excluding steroid dienone is 5. The van der Waals surface area contributed by atoms with Gasteiger partial charge in [0.1, 0.15) is 0 Å². The molecule has 0 atom stereocenters. The molecule has 18 heavy (non-hydrogen) atoms. The zero-order valence-electron chi connectivity index (χ0n) is 11.4. The third kappa shape index (κ3) is 3.85. The highest BCUT2D eigenvalue weighted by atomic mass is 16.1. The fraction of sp³-hybridized carbons (Fsp3) is 0.235. The van der Waals surface area contributed by atoms with Crippen molar-refractivity contribution in [2.75, 3.05) is 0 Å². The van der Waals surface area contributed by atoms with Crippen molar-refractivity contribution < 1.29 is 4.79 Å². The van der Waals surface area contributed by atoms with Crippen LogP contribution < -0.4 is 0 Å². The van der Waals surface area contributed by atoms with E-state index in [0.717, 1.165) is 23.1 Å². The molecule has 1 nitrogen and oxygen atoms in total. The third-order valence-corrected chi connectivity index (χ3v) is 2.91. The summed E-state index contributed by atoms with van der Waals surface area (Å²) in [5.41, 5.74) is 4.32. The van der Waals surface area contributed by atoms with Gasteiger partial charge in [-0.25, -0.2) is 0 Å². The lowest BCUT2D eigenvalue weighted by Gasteiger charge is -2.05. The van der Waals surface area contributed by atoms with Gasteiger partial charge >= 0.3 is 0 Å². The Morgan fingerprint density at radius 1 is 1.11 bits per heavy atom. The van der Waals surface area contributed by atoms with Crippen LogP contribution in [-0.2, 0) is 0 Å². The molecular formula is C17H20O. The second-order valence-electron chi connectivity index (χ2n) is 4.29. The van der Waals surface area contributed by atoms with E-state index in [1.807, 2.05) is 37.3 Å². The molecule has 1 heteroatoms. The Kier molecular flexibility index (Phi) is 5.31. The second kappa shape index (κ2) is 6.75. The molecular weight excluding hydrogens is 220 g/mol. The van der Waals surface area contributed by atoms with E-state index < -0.39 is 0 Å². The lowest BCUT2D eigenvalue weighted by Crippen LogP contribution is -1.92. The van der Waals surface area contributed by atoms with Crippen LogP contribution in [0, 0.1) is 0 Å². The van der Waals surface area contributed by atoms with Crippen molar-refractivity contribution >= 4 is 11.4 Å². The van der Waals surface area contributed by atoms with E-state index in [9.17, 15) is 4.79 Å². The molecule has 1 aromatic carbocycles. The van der Waals surface area contributed by atoms with Crippen molar-refractivity contribution in [2.45, 2.75) is 27.2 Å². The molecule has 0 spiro atoms. The molecule has 0 aliphatic rings. The van der Waals surface area contributed by atoms with E-state index in [4.69, 9.17) is 0 Å². The first-order valence-electron chi connectivity index (χ1n) is 6.19. The maximum Gasteiger partial charge on any atom is 0.159 e. The molecule has 0 unspecified atom stereocenters. The largest absolute Gasteiger partial charge is 0.295 e. The number of hydrogen-bond acceptors (Lipinski definition) is 1. The van der Waals surface area contributed by atoms with Crippen LogP contribution in [0.5, 0.6) is 0 Å². The van der Waals surface area contributed by atoms with E-state index in [-0.39, 0.29) is 5.78 Å². The molecule has 0 aliphatic carbocycles.